The van der Waals surface area contributed by atoms with Crippen molar-refractivity contribution in [2.45, 2.75) is 228 Å². The second kappa shape index (κ2) is 38.9. The third kappa shape index (κ3) is 21.6. The molecule has 3 heterocycles. The minimum Gasteiger partial charge on any atom is -0.496 e. The zero-order valence-electron chi connectivity index (χ0n) is 65.7. The molecule has 0 radical (unpaired) electrons. The molecule has 2 saturated heterocycles. The van der Waals surface area contributed by atoms with Gasteiger partial charge in [-0.25, -0.2) is 0 Å². The van der Waals surface area contributed by atoms with Crippen LogP contribution >= 0.6 is 0 Å². The summed E-state index contributed by atoms with van der Waals surface area (Å²) >= 11 is 0. The molecule has 0 unspecified atom stereocenters. The number of nitrogens with one attached hydrogen (secondary N) is 3. The van der Waals surface area contributed by atoms with Crippen molar-refractivity contribution in [2.24, 2.45) is 11.8 Å². The summed E-state index contributed by atoms with van der Waals surface area (Å²) < 4.78 is 95.8. The highest BCUT2D eigenvalue weighted by molar-refractivity contribution is 6.01. The van der Waals surface area contributed by atoms with Gasteiger partial charge in [0.1, 0.15) is 59.6 Å². The van der Waals surface area contributed by atoms with Crippen molar-refractivity contribution in [3.05, 3.63) is 76.9 Å². The van der Waals surface area contributed by atoms with Gasteiger partial charge in [-0.3, -0.25) is 57.5 Å². The largest absolute Gasteiger partial charge is 0.496 e. The molecule has 1 spiro atoms. The number of fused-ring (bicyclic) bond motifs is 3. The van der Waals surface area contributed by atoms with Crippen LogP contribution in [0.2, 0.25) is 0 Å². The molecule has 2 bridgehead atoms. The molecule has 610 valence electrons. The average molecular weight is 1560 g/mol. The molecule has 7 rings (SSSR count). The first-order valence-electron chi connectivity index (χ1n) is 38.3. The number of benzene rings is 2. The van der Waals surface area contributed by atoms with Gasteiger partial charge in [-0.1, -0.05) is 96.1 Å². The van der Waals surface area contributed by atoms with E-state index in [1.165, 1.54) is 86.9 Å². The third-order valence-corrected chi connectivity index (χ3v) is 22.5. The van der Waals surface area contributed by atoms with E-state index >= 15 is 38.4 Å². The van der Waals surface area contributed by atoms with Gasteiger partial charge in [0.25, 0.3) is 0 Å². The Kier molecular flexibility index (Phi) is 31.2. The molecule has 2 aromatic carbocycles. The topological polar surface area (TPSA) is 289 Å². The Balaban J connectivity index is 1.35. The van der Waals surface area contributed by atoms with Gasteiger partial charge in [0.2, 0.25) is 70.9 Å². The van der Waals surface area contributed by atoms with Gasteiger partial charge in [0.15, 0.2) is 0 Å². The Bertz CT molecular complexity index is 3640. The molecule has 26 nitrogen and oxygen atoms in total. The van der Waals surface area contributed by atoms with Crippen LogP contribution in [-0.4, -0.2) is 271 Å². The number of carbonyl (C=O) groups excluding carboxylic acids is 12. The lowest BCUT2D eigenvalue weighted by molar-refractivity contribution is -0.157. The lowest BCUT2D eigenvalue weighted by Crippen LogP contribution is -2.68. The first kappa shape index (κ1) is 88.4. The molecule has 3 N–H and O–H groups in total. The van der Waals surface area contributed by atoms with Crippen LogP contribution < -0.4 is 20.7 Å². The minimum absolute atomic E-state index is 0.0879. The van der Waals surface area contributed by atoms with E-state index in [4.69, 9.17) is 9.47 Å². The number of rotatable bonds is 17. The Morgan fingerprint density at radius 1 is 0.664 bits per heavy atom. The number of nitrogens with zero attached hydrogens (tertiary/aromatic N) is 9. The number of halogens is 6. The fourth-order valence-corrected chi connectivity index (χ4v) is 15.5. The number of methoxy groups -OCH3 is 1. The Labute approximate surface area is 641 Å². The fourth-order valence-electron chi connectivity index (χ4n) is 15.5. The van der Waals surface area contributed by atoms with E-state index in [9.17, 15) is 45.5 Å². The molecule has 110 heavy (non-hydrogen) atoms. The Morgan fingerprint density at radius 2 is 1.32 bits per heavy atom. The van der Waals surface area contributed by atoms with Crippen molar-refractivity contribution < 1.29 is 93.4 Å². The molecule has 3 aliphatic heterocycles. The van der Waals surface area contributed by atoms with Crippen LogP contribution in [0, 0.1) is 11.8 Å². The van der Waals surface area contributed by atoms with Crippen molar-refractivity contribution in [1.29, 1.82) is 0 Å². The summed E-state index contributed by atoms with van der Waals surface area (Å²) in [4.78, 5) is 192. The van der Waals surface area contributed by atoms with E-state index in [-0.39, 0.29) is 82.2 Å². The molecule has 10 atom stereocenters. The van der Waals surface area contributed by atoms with Crippen LogP contribution in [0.25, 0.3) is 0 Å². The van der Waals surface area contributed by atoms with Crippen molar-refractivity contribution in [3.8, 4) is 5.75 Å². The van der Waals surface area contributed by atoms with Crippen LogP contribution in [0.5, 0.6) is 5.75 Å². The Morgan fingerprint density at radius 3 is 1.91 bits per heavy atom. The predicted molar refractivity (Wildman–Crippen MR) is 394 cm³/mol. The van der Waals surface area contributed by atoms with Crippen molar-refractivity contribution in [2.75, 3.05) is 96.3 Å². The summed E-state index contributed by atoms with van der Waals surface area (Å²) in [5, 5.41) is 8.56. The predicted octanol–water partition coefficient (Wildman–Crippen LogP) is 6.39. The number of likely N-dealkylation sites (N-methyl/N-ethyl adjacent to an activating group) is 7. The van der Waals surface area contributed by atoms with Gasteiger partial charge in [-0.15, -0.1) is 0 Å². The number of aryl methyl sites for hydroxylation is 1. The first-order chi connectivity index (χ1) is 51.8. The molecule has 4 fully saturated rings. The van der Waals surface area contributed by atoms with E-state index in [1.54, 1.807) is 32.9 Å². The van der Waals surface area contributed by atoms with Gasteiger partial charge in [0, 0.05) is 88.9 Å². The second-order valence-corrected chi connectivity index (χ2v) is 30.3. The van der Waals surface area contributed by atoms with Crippen molar-refractivity contribution >= 4 is 70.9 Å². The van der Waals surface area contributed by atoms with Crippen LogP contribution in [-0.2, 0) is 87.5 Å². The SMILES string of the molecule is CCCCCC[C@H]1C(=O)N[C@@H]([C@@H](C)CC)C(=O)N(C)CC(=O)N(C)[C@@H]2C/C=C\CCN(C2=O)[C@@H](Cc2ccc(C(F)(F)F)cc2)C(=O)N(C)CC(=O)N[C@@H](CCc2ccc(C(F)(F)F)c(OC)c2)C(=O)N2C[C@H](OCC)C[C@H]2C(=O)NC2(CCC2)C(=O)N(C)[C@@H](C2CCCC2)C(=O)N(C)[C@H](C(=O)N(C)C)CC(=O)N1C. The van der Waals surface area contributed by atoms with Crippen molar-refractivity contribution in [3.63, 3.8) is 0 Å². The number of amides is 12. The summed E-state index contributed by atoms with van der Waals surface area (Å²) in [6.07, 6.45) is -2.56. The number of alkyl halides is 6. The maximum atomic E-state index is 15.6. The molecular formula is C78H112F6N12O14. The monoisotopic (exact) mass is 1550 g/mol. The van der Waals surface area contributed by atoms with Crippen LogP contribution in [0.1, 0.15) is 166 Å². The summed E-state index contributed by atoms with van der Waals surface area (Å²) in [5.41, 5.74) is -3.38. The standard InChI is InChI=1S/C78H112F6N12O14/c1-14-17-18-20-28-56-67(100)86-65(48(4)15-2)73(106)90(8)47-64(99)92(10)57-29-21-19-24-40-95(72(57)105)60(41-49-30-34-52(35-31-49)77(79,80)81)71(104)89(7)46-62(97)85-55(37-33-50-32-36-54(78(82,83)84)61(42-50)109-13)69(102)96-45-53(110-16-3)43-58(96)68(101)87-76(38-25-39-76)75(108)94(12)66(51-26-22-23-27-51)74(107)93(11)59(70(103)88(5)6)44-63(98)91(56)9/h19,21,30-32,34-36,42,48,51,53,55-60,65-66H,14-18,20,22-29,33,37-41,43-47H2,1-13H3,(H,85,97)(H,86,100)(H,87,101)/b21-19-/t48-,53+,55-,56-,57+,58-,59-,60-,65-,66-/m0/s1. The normalized spacial score (nSPS) is 25.7. The summed E-state index contributed by atoms with van der Waals surface area (Å²) in [7, 11) is 12.0. The number of ether oxygens (including phenoxy) is 2. The molecule has 5 aliphatic rings. The molecular weight excluding hydrogens is 1440 g/mol. The molecule has 12 amide bonds. The van der Waals surface area contributed by atoms with Gasteiger partial charge in [-0.2, -0.15) is 26.3 Å². The quantitative estimate of drug-likeness (QED) is 0.0879. The van der Waals surface area contributed by atoms with E-state index < -0.39 is 198 Å². The summed E-state index contributed by atoms with van der Waals surface area (Å²) in [5.74, 6) is -10.9. The molecule has 2 aliphatic carbocycles. The highest BCUT2D eigenvalue weighted by atomic mass is 19.4. The van der Waals surface area contributed by atoms with Gasteiger partial charge in [0.05, 0.1) is 43.9 Å². The fraction of sp³-hybridized carbons (Fsp3) is 0.667. The summed E-state index contributed by atoms with van der Waals surface area (Å²) in [6, 6.07) is -4.31. The number of hydrogen-bond donors (Lipinski definition) is 3. The van der Waals surface area contributed by atoms with Crippen molar-refractivity contribution in [1.82, 2.24) is 60.0 Å². The van der Waals surface area contributed by atoms with Gasteiger partial charge in [-0.05, 0) is 118 Å². The molecule has 32 heteroatoms. The molecule has 2 aromatic rings. The minimum atomic E-state index is -4.82. The van der Waals surface area contributed by atoms with Crippen LogP contribution in [0.15, 0.2) is 54.6 Å². The lowest BCUT2D eigenvalue weighted by atomic mass is 9.74. The van der Waals surface area contributed by atoms with E-state index in [2.05, 4.69) is 16.0 Å². The zero-order chi connectivity index (χ0) is 81.4. The number of hydrogen-bond acceptors (Lipinski definition) is 14. The van der Waals surface area contributed by atoms with Gasteiger partial charge >= 0.3 is 12.4 Å². The highest BCUT2D eigenvalue weighted by Crippen LogP contribution is 2.40. The van der Waals surface area contributed by atoms with Gasteiger partial charge < -0.3 is 69.5 Å². The summed E-state index contributed by atoms with van der Waals surface area (Å²) in [6.45, 7) is 5.37. The van der Waals surface area contributed by atoms with Crippen LogP contribution in [0.4, 0.5) is 26.3 Å². The smallest absolute Gasteiger partial charge is 0.419 e. The highest BCUT2D eigenvalue weighted by Gasteiger charge is 2.54. The molecule has 0 aromatic heterocycles. The first-order valence-corrected chi connectivity index (χ1v) is 38.3. The zero-order valence-corrected chi connectivity index (χ0v) is 65.7. The Hall–Kier alpha value is -8.84. The second-order valence-electron chi connectivity index (χ2n) is 30.3. The van der Waals surface area contributed by atoms with E-state index in [0.717, 1.165) is 75.9 Å². The van der Waals surface area contributed by atoms with E-state index in [1.807, 2.05) is 6.92 Å². The van der Waals surface area contributed by atoms with Crippen LogP contribution in [0.3, 0.4) is 0 Å². The number of unbranched alkanes of at least 4 members (excludes halogenated alkanes) is 3. The maximum Gasteiger partial charge on any atom is 0.419 e. The van der Waals surface area contributed by atoms with E-state index in [0.29, 0.717) is 51.4 Å². The third-order valence-electron chi connectivity index (χ3n) is 22.5. The maximum absolute atomic E-state index is 15.6. The number of carbonyl (C=O) groups is 12. The lowest BCUT2D eigenvalue weighted by Gasteiger charge is -2.46. The molecule has 2 saturated carbocycles. The average Bonchev–Trinajstić information content (AvgIpc) is 1.42.